The Morgan fingerprint density at radius 1 is 1.43 bits per heavy atom. The molecule has 1 saturated heterocycles. The van der Waals surface area contributed by atoms with E-state index in [4.69, 9.17) is 15.2 Å². The lowest BCUT2D eigenvalue weighted by Gasteiger charge is -2.30. The molecule has 0 amide bonds. The Balaban J connectivity index is 2.15. The largest absolute Gasteiger partial charge is 0.493 e. The van der Waals surface area contributed by atoms with Crippen LogP contribution in [0.2, 0.25) is 0 Å². The summed E-state index contributed by atoms with van der Waals surface area (Å²) in [4.78, 5) is 14.2. The van der Waals surface area contributed by atoms with E-state index in [9.17, 15) is 4.79 Å². The molecule has 1 atom stereocenters. The third kappa shape index (κ3) is 4.19. The summed E-state index contributed by atoms with van der Waals surface area (Å²) in [6.45, 7) is 2.35. The van der Waals surface area contributed by atoms with Gasteiger partial charge in [0.05, 0.1) is 7.11 Å². The van der Waals surface area contributed by atoms with E-state index in [1.165, 1.54) is 0 Å². The van der Waals surface area contributed by atoms with Crippen LogP contribution in [-0.2, 0) is 0 Å². The van der Waals surface area contributed by atoms with Crippen LogP contribution in [0, 0.1) is 0 Å². The van der Waals surface area contributed by atoms with E-state index in [-0.39, 0.29) is 11.9 Å². The minimum atomic E-state index is 0.0331. The smallest absolute Gasteiger partial charge is 0.164 e. The first-order valence-corrected chi connectivity index (χ1v) is 7.40. The molecule has 0 spiro atoms. The summed E-state index contributed by atoms with van der Waals surface area (Å²) in [5.74, 6) is 1.33. The summed E-state index contributed by atoms with van der Waals surface area (Å²) in [7, 11) is 3.70. The van der Waals surface area contributed by atoms with Gasteiger partial charge in [0.1, 0.15) is 6.10 Å². The highest BCUT2D eigenvalue weighted by Gasteiger charge is 2.20. The molecule has 1 aromatic carbocycles. The molecule has 1 fully saturated rings. The van der Waals surface area contributed by atoms with Gasteiger partial charge in [-0.05, 0) is 51.2 Å². The lowest BCUT2D eigenvalue weighted by molar-refractivity contribution is 0.0970. The van der Waals surface area contributed by atoms with Gasteiger partial charge in [0, 0.05) is 18.5 Å². The third-order valence-corrected chi connectivity index (χ3v) is 3.73. The third-order valence-electron chi connectivity index (χ3n) is 3.73. The fraction of sp³-hybridized carbons (Fsp3) is 0.562. The first kappa shape index (κ1) is 15.8. The zero-order valence-electron chi connectivity index (χ0n) is 12.8. The van der Waals surface area contributed by atoms with Gasteiger partial charge in [-0.2, -0.15) is 0 Å². The molecule has 0 aromatic heterocycles. The molecule has 116 valence electrons. The van der Waals surface area contributed by atoms with E-state index in [1.807, 2.05) is 0 Å². The second-order valence-electron chi connectivity index (χ2n) is 5.47. The number of carbonyl (C=O) groups is 1. The number of methoxy groups -OCH3 is 1. The summed E-state index contributed by atoms with van der Waals surface area (Å²) in [6, 6.07) is 5.31. The average Bonchev–Trinajstić information content (AvgIpc) is 2.47. The van der Waals surface area contributed by atoms with Gasteiger partial charge in [-0.25, -0.2) is 0 Å². The second kappa shape index (κ2) is 7.43. The molecule has 0 bridgehead atoms. The molecule has 5 nitrogen and oxygen atoms in total. The SMILES string of the molecule is COc1ccc(C(=O)CCN)cc1OC1CCCN(C)C1. The van der Waals surface area contributed by atoms with Gasteiger partial charge in [0.25, 0.3) is 0 Å². The Labute approximate surface area is 126 Å². The van der Waals surface area contributed by atoms with Crippen LogP contribution in [0.4, 0.5) is 0 Å². The molecule has 2 rings (SSSR count). The minimum Gasteiger partial charge on any atom is -0.493 e. The summed E-state index contributed by atoms with van der Waals surface area (Å²) >= 11 is 0. The zero-order chi connectivity index (χ0) is 15.2. The maximum absolute atomic E-state index is 12.0. The van der Waals surface area contributed by atoms with Crippen molar-refractivity contribution in [2.75, 3.05) is 33.8 Å². The fourth-order valence-electron chi connectivity index (χ4n) is 2.61. The van der Waals surface area contributed by atoms with Crippen molar-refractivity contribution in [1.82, 2.24) is 4.90 Å². The Kier molecular flexibility index (Phi) is 5.59. The van der Waals surface area contributed by atoms with Gasteiger partial charge in [-0.15, -0.1) is 0 Å². The molecule has 21 heavy (non-hydrogen) atoms. The van der Waals surface area contributed by atoms with Crippen molar-refractivity contribution in [3.63, 3.8) is 0 Å². The van der Waals surface area contributed by atoms with E-state index in [1.54, 1.807) is 25.3 Å². The molecule has 1 unspecified atom stereocenters. The van der Waals surface area contributed by atoms with Crippen molar-refractivity contribution in [2.45, 2.75) is 25.4 Å². The zero-order valence-corrected chi connectivity index (χ0v) is 12.8. The number of rotatable bonds is 6. The topological polar surface area (TPSA) is 64.8 Å². The number of hydrogen-bond donors (Lipinski definition) is 1. The van der Waals surface area contributed by atoms with Crippen molar-refractivity contribution in [3.8, 4) is 11.5 Å². The predicted octanol–water partition coefficient (Wildman–Crippen LogP) is 1.70. The van der Waals surface area contributed by atoms with E-state index in [0.717, 1.165) is 25.9 Å². The summed E-state index contributed by atoms with van der Waals surface area (Å²) in [6.07, 6.45) is 2.62. The van der Waals surface area contributed by atoms with Crippen LogP contribution >= 0.6 is 0 Å². The monoisotopic (exact) mass is 292 g/mol. The molecule has 0 saturated carbocycles. The van der Waals surface area contributed by atoms with Crippen LogP contribution in [-0.4, -0.2) is 50.6 Å². The number of carbonyl (C=O) groups excluding carboxylic acids is 1. The molecular weight excluding hydrogens is 268 g/mol. The van der Waals surface area contributed by atoms with Gasteiger partial charge in [0.2, 0.25) is 0 Å². The summed E-state index contributed by atoms with van der Waals surface area (Å²) < 4.78 is 11.4. The van der Waals surface area contributed by atoms with Crippen molar-refractivity contribution in [2.24, 2.45) is 5.73 Å². The Bertz CT molecular complexity index is 490. The fourth-order valence-corrected chi connectivity index (χ4v) is 2.61. The summed E-state index contributed by atoms with van der Waals surface area (Å²) in [5.41, 5.74) is 6.07. The maximum atomic E-state index is 12.0. The highest BCUT2D eigenvalue weighted by atomic mass is 16.5. The Hall–Kier alpha value is -1.59. The number of benzene rings is 1. The van der Waals surface area contributed by atoms with Gasteiger partial charge in [-0.1, -0.05) is 0 Å². The molecular formula is C16H24N2O3. The normalized spacial score (nSPS) is 19.3. The minimum absolute atomic E-state index is 0.0331. The van der Waals surface area contributed by atoms with Gasteiger partial charge in [-0.3, -0.25) is 4.79 Å². The van der Waals surface area contributed by atoms with Crippen LogP contribution in [0.25, 0.3) is 0 Å². The molecule has 0 radical (unpaired) electrons. The average molecular weight is 292 g/mol. The number of ether oxygens (including phenoxy) is 2. The molecule has 1 heterocycles. The molecule has 2 N–H and O–H groups in total. The molecule has 1 aliphatic rings. The molecule has 0 aliphatic carbocycles. The van der Waals surface area contributed by atoms with E-state index in [0.29, 0.717) is 30.0 Å². The number of Topliss-reactive ketones (excluding diaryl/α,β-unsaturated/α-hetero) is 1. The van der Waals surface area contributed by atoms with Gasteiger partial charge in [0.15, 0.2) is 17.3 Å². The van der Waals surface area contributed by atoms with Gasteiger partial charge >= 0.3 is 0 Å². The quantitative estimate of drug-likeness (QED) is 0.808. The highest BCUT2D eigenvalue weighted by Crippen LogP contribution is 2.30. The number of hydrogen-bond acceptors (Lipinski definition) is 5. The van der Waals surface area contributed by atoms with E-state index in [2.05, 4.69) is 11.9 Å². The molecule has 1 aromatic rings. The van der Waals surface area contributed by atoms with Crippen LogP contribution in [0.5, 0.6) is 11.5 Å². The van der Waals surface area contributed by atoms with Gasteiger partial charge < -0.3 is 20.1 Å². The number of likely N-dealkylation sites (N-methyl/N-ethyl adjacent to an activating group) is 1. The molecule has 1 aliphatic heterocycles. The van der Waals surface area contributed by atoms with Crippen LogP contribution in [0.3, 0.4) is 0 Å². The van der Waals surface area contributed by atoms with Crippen molar-refractivity contribution >= 4 is 5.78 Å². The first-order chi connectivity index (χ1) is 10.1. The van der Waals surface area contributed by atoms with E-state index < -0.39 is 0 Å². The van der Waals surface area contributed by atoms with Crippen molar-refractivity contribution in [1.29, 1.82) is 0 Å². The number of ketones is 1. The lowest BCUT2D eigenvalue weighted by Crippen LogP contribution is -2.38. The Morgan fingerprint density at radius 3 is 2.90 bits per heavy atom. The highest BCUT2D eigenvalue weighted by molar-refractivity contribution is 5.96. The number of nitrogens with two attached hydrogens (primary N) is 1. The standard InChI is InChI=1S/C16H24N2O3/c1-18-9-3-4-13(11-18)21-16-10-12(14(19)7-8-17)5-6-15(16)20-2/h5-6,10,13H,3-4,7-9,11,17H2,1-2H3. The first-order valence-electron chi connectivity index (χ1n) is 7.40. The van der Waals surface area contributed by atoms with E-state index >= 15 is 0 Å². The number of likely N-dealkylation sites (tertiary alicyclic amines) is 1. The number of piperidine rings is 1. The molecule has 5 heteroatoms. The van der Waals surface area contributed by atoms with Crippen LogP contribution in [0.15, 0.2) is 18.2 Å². The predicted molar refractivity (Wildman–Crippen MR) is 82.1 cm³/mol. The maximum Gasteiger partial charge on any atom is 0.164 e. The van der Waals surface area contributed by atoms with Crippen LogP contribution < -0.4 is 15.2 Å². The Morgan fingerprint density at radius 2 is 2.24 bits per heavy atom. The van der Waals surface area contributed by atoms with Crippen molar-refractivity contribution < 1.29 is 14.3 Å². The van der Waals surface area contributed by atoms with Crippen LogP contribution in [0.1, 0.15) is 29.6 Å². The lowest BCUT2D eigenvalue weighted by atomic mass is 10.1. The summed E-state index contributed by atoms with van der Waals surface area (Å²) in [5, 5.41) is 0. The second-order valence-corrected chi connectivity index (χ2v) is 5.47. The number of nitrogens with zero attached hydrogens (tertiary/aromatic N) is 1. The van der Waals surface area contributed by atoms with Crippen molar-refractivity contribution in [3.05, 3.63) is 23.8 Å².